The maximum absolute atomic E-state index is 12.8. The second kappa shape index (κ2) is 9.91. The van der Waals surface area contributed by atoms with Gasteiger partial charge in [0.05, 0.1) is 0 Å². The van der Waals surface area contributed by atoms with Gasteiger partial charge in [0.1, 0.15) is 11.4 Å². The third-order valence-corrected chi connectivity index (χ3v) is 5.17. The average molecular weight is 434 g/mol. The number of anilines is 1. The van der Waals surface area contributed by atoms with Crippen LogP contribution in [0.1, 0.15) is 41.5 Å². The van der Waals surface area contributed by atoms with Gasteiger partial charge in [-0.05, 0) is 62.7 Å². The number of halogens is 3. The van der Waals surface area contributed by atoms with Gasteiger partial charge in [0.25, 0.3) is 5.91 Å². The first-order valence-electron chi connectivity index (χ1n) is 10.2. The van der Waals surface area contributed by atoms with Crippen LogP contribution in [0.25, 0.3) is 0 Å². The van der Waals surface area contributed by atoms with Crippen LogP contribution >= 0.6 is 0 Å². The maximum Gasteiger partial charge on any atom is 0.433 e. The van der Waals surface area contributed by atoms with Crippen molar-refractivity contribution in [2.75, 3.05) is 25.0 Å². The van der Waals surface area contributed by atoms with Gasteiger partial charge in [-0.25, -0.2) is 4.98 Å². The topological polar surface area (TPSA) is 74.3 Å². The van der Waals surface area contributed by atoms with Gasteiger partial charge in [0.2, 0.25) is 5.91 Å². The SMILES string of the molecule is CCNC(=O)C1CCN(Cc2cccc(NC(=O)c3cccc(C(F)(F)F)n3)c2)CC1. The summed E-state index contributed by atoms with van der Waals surface area (Å²) in [5.74, 6) is -0.553. The van der Waals surface area contributed by atoms with Crippen LogP contribution in [0.2, 0.25) is 0 Å². The molecule has 0 saturated carbocycles. The second-order valence-electron chi connectivity index (χ2n) is 7.51. The van der Waals surface area contributed by atoms with Gasteiger partial charge in [-0.2, -0.15) is 13.2 Å². The summed E-state index contributed by atoms with van der Waals surface area (Å²) in [5, 5.41) is 5.48. The zero-order valence-electron chi connectivity index (χ0n) is 17.2. The normalized spacial score (nSPS) is 15.5. The summed E-state index contributed by atoms with van der Waals surface area (Å²) in [6, 6.07) is 10.4. The molecule has 0 radical (unpaired) electrons. The summed E-state index contributed by atoms with van der Waals surface area (Å²) in [7, 11) is 0. The highest BCUT2D eigenvalue weighted by Crippen LogP contribution is 2.27. The molecule has 166 valence electrons. The molecule has 1 aliphatic rings. The highest BCUT2D eigenvalue weighted by atomic mass is 19.4. The molecule has 1 aliphatic heterocycles. The number of carbonyl (C=O) groups excluding carboxylic acids is 2. The lowest BCUT2D eigenvalue weighted by Gasteiger charge is -2.31. The van der Waals surface area contributed by atoms with Gasteiger partial charge in [-0.3, -0.25) is 14.5 Å². The Bertz CT molecular complexity index is 925. The van der Waals surface area contributed by atoms with Crippen molar-refractivity contribution in [2.45, 2.75) is 32.5 Å². The van der Waals surface area contributed by atoms with Crippen molar-refractivity contribution in [2.24, 2.45) is 5.92 Å². The predicted octanol–water partition coefficient (Wildman–Crippen LogP) is 3.70. The number of aromatic nitrogens is 1. The number of nitrogens with zero attached hydrogens (tertiary/aromatic N) is 2. The second-order valence-corrected chi connectivity index (χ2v) is 7.51. The van der Waals surface area contributed by atoms with E-state index in [1.54, 1.807) is 18.2 Å². The molecule has 2 amide bonds. The van der Waals surface area contributed by atoms with Crippen molar-refractivity contribution in [3.63, 3.8) is 0 Å². The molecule has 1 fully saturated rings. The molecule has 1 saturated heterocycles. The monoisotopic (exact) mass is 434 g/mol. The number of piperidine rings is 1. The third-order valence-electron chi connectivity index (χ3n) is 5.17. The van der Waals surface area contributed by atoms with Crippen molar-refractivity contribution in [1.82, 2.24) is 15.2 Å². The quantitative estimate of drug-likeness (QED) is 0.727. The molecule has 0 aliphatic carbocycles. The summed E-state index contributed by atoms with van der Waals surface area (Å²) in [6.07, 6.45) is -3.02. The first-order chi connectivity index (χ1) is 14.8. The van der Waals surface area contributed by atoms with Crippen molar-refractivity contribution in [3.8, 4) is 0 Å². The van der Waals surface area contributed by atoms with E-state index in [9.17, 15) is 22.8 Å². The molecule has 2 N–H and O–H groups in total. The molecule has 31 heavy (non-hydrogen) atoms. The molecule has 2 aromatic rings. The predicted molar refractivity (Wildman–Crippen MR) is 110 cm³/mol. The Labute approximate surface area is 178 Å². The number of pyridine rings is 1. The minimum atomic E-state index is -4.61. The van der Waals surface area contributed by atoms with Crippen LogP contribution in [0, 0.1) is 5.92 Å². The summed E-state index contributed by atoms with van der Waals surface area (Å²) < 4.78 is 38.5. The fourth-order valence-electron chi connectivity index (χ4n) is 3.59. The number of nitrogens with one attached hydrogen (secondary N) is 2. The van der Waals surface area contributed by atoms with Crippen LogP contribution in [-0.2, 0) is 17.5 Å². The van der Waals surface area contributed by atoms with Crippen LogP contribution in [-0.4, -0.2) is 41.3 Å². The Morgan fingerprint density at radius 1 is 1.13 bits per heavy atom. The van der Waals surface area contributed by atoms with E-state index in [1.165, 1.54) is 6.07 Å². The maximum atomic E-state index is 12.8. The van der Waals surface area contributed by atoms with E-state index < -0.39 is 17.8 Å². The molecular weight excluding hydrogens is 409 g/mol. The number of benzene rings is 1. The van der Waals surface area contributed by atoms with Crippen molar-refractivity contribution >= 4 is 17.5 Å². The smallest absolute Gasteiger partial charge is 0.356 e. The fraction of sp³-hybridized carbons (Fsp3) is 0.409. The minimum Gasteiger partial charge on any atom is -0.356 e. The Balaban J connectivity index is 1.59. The fourth-order valence-corrected chi connectivity index (χ4v) is 3.59. The molecule has 0 bridgehead atoms. The largest absolute Gasteiger partial charge is 0.433 e. The Morgan fingerprint density at radius 3 is 2.52 bits per heavy atom. The first-order valence-corrected chi connectivity index (χ1v) is 10.2. The molecule has 3 rings (SSSR count). The van der Waals surface area contributed by atoms with Crippen molar-refractivity contribution in [3.05, 3.63) is 59.4 Å². The molecule has 6 nitrogen and oxygen atoms in total. The zero-order chi connectivity index (χ0) is 22.4. The number of alkyl halides is 3. The number of hydrogen-bond donors (Lipinski definition) is 2. The van der Waals surface area contributed by atoms with Gasteiger partial charge in [0.15, 0.2) is 0 Å². The molecule has 0 atom stereocenters. The number of carbonyl (C=O) groups is 2. The van der Waals surface area contributed by atoms with Crippen LogP contribution in [0.3, 0.4) is 0 Å². The Kier molecular flexibility index (Phi) is 7.27. The number of amides is 2. The standard InChI is InChI=1S/C22H25F3N4O2/c1-2-26-20(30)16-9-11-29(12-10-16)14-15-5-3-6-17(13-15)27-21(31)18-7-4-8-19(28-18)22(23,24)25/h3-8,13,16H,2,9-12,14H2,1H3,(H,26,30)(H,27,31). The molecule has 0 spiro atoms. The van der Waals surface area contributed by atoms with Crippen LogP contribution in [0.15, 0.2) is 42.5 Å². The average Bonchev–Trinajstić information content (AvgIpc) is 2.74. The van der Waals surface area contributed by atoms with E-state index in [4.69, 9.17) is 0 Å². The summed E-state index contributed by atoms with van der Waals surface area (Å²) in [4.78, 5) is 30.0. The number of likely N-dealkylation sites (tertiary alicyclic amines) is 1. The summed E-state index contributed by atoms with van der Waals surface area (Å²) in [6.45, 7) is 4.79. The van der Waals surface area contributed by atoms with E-state index in [2.05, 4.69) is 20.5 Å². The molecule has 0 unspecified atom stereocenters. The lowest BCUT2D eigenvalue weighted by Crippen LogP contribution is -2.40. The van der Waals surface area contributed by atoms with Gasteiger partial charge in [-0.1, -0.05) is 18.2 Å². The molecule has 1 aromatic carbocycles. The first kappa shape index (κ1) is 22.7. The molecular formula is C22H25F3N4O2. The lowest BCUT2D eigenvalue weighted by atomic mass is 9.95. The third kappa shape index (κ3) is 6.27. The van der Waals surface area contributed by atoms with Gasteiger partial charge in [-0.15, -0.1) is 0 Å². The zero-order valence-corrected chi connectivity index (χ0v) is 17.2. The van der Waals surface area contributed by atoms with Crippen LogP contribution in [0.5, 0.6) is 0 Å². The minimum absolute atomic E-state index is 0.0433. The molecule has 9 heteroatoms. The van der Waals surface area contributed by atoms with Gasteiger partial charge in [0, 0.05) is 24.7 Å². The van der Waals surface area contributed by atoms with E-state index in [0.29, 0.717) is 18.8 Å². The van der Waals surface area contributed by atoms with Crippen LogP contribution < -0.4 is 10.6 Å². The van der Waals surface area contributed by atoms with E-state index >= 15 is 0 Å². The van der Waals surface area contributed by atoms with E-state index in [1.807, 2.05) is 13.0 Å². The highest BCUT2D eigenvalue weighted by molar-refractivity contribution is 6.02. The number of hydrogen-bond acceptors (Lipinski definition) is 4. The number of rotatable bonds is 6. The van der Waals surface area contributed by atoms with E-state index in [-0.39, 0.29) is 17.5 Å². The highest BCUT2D eigenvalue weighted by Gasteiger charge is 2.33. The van der Waals surface area contributed by atoms with E-state index in [0.717, 1.165) is 43.6 Å². The van der Waals surface area contributed by atoms with Crippen molar-refractivity contribution in [1.29, 1.82) is 0 Å². The summed E-state index contributed by atoms with van der Waals surface area (Å²) >= 11 is 0. The molecule has 2 heterocycles. The van der Waals surface area contributed by atoms with Gasteiger partial charge < -0.3 is 10.6 Å². The molecule has 1 aromatic heterocycles. The Morgan fingerprint density at radius 2 is 1.84 bits per heavy atom. The van der Waals surface area contributed by atoms with Crippen LogP contribution in [0.4, 0.5) is 18.9 Å². The lowest BCUT2D eigenvalue weighted by molar-refractivity contribution is -0.141. The summed E-state index contributed by atoms with van der Waals surface area (Å²) in [5.41, 5.74) is 0.0442. The van der Waals surface area contributed by atoms with Crippen molar-refractivity contribution < 1.29 is 22.8 Å². The van der Waals surface area contributed by atoms with Gasteiger partial charge >= 0.3 is 6.18 Å². The Hall–Kier alpha value is -2.94.